The predicted molar refractivity (Wildman–Crippen MR) is 176 cm³/mol. The molecule has 8 nitrogen and oxygen atoms in total. The lowest BCUT2D eigenvalue weighted by atomic mass is 10.00. The van der Waals surface area contributed by atoms with Gasteiger partial charge in [-0.25, -0.2) is 0 Å². The van der Waals surface area contributed by atoms with E-state index in [0.29, 0.717) is 60.6 Å². The Kier molecular flexibility index (Phi) is 16.0. The molecule has 0 aliphatic carbocycles. The Balaban J connectivity index is 1.82. The van der Waals surface area contributed by atoms with Gasteiger partial charge in [0.2, 0.25) is 0 Å². The first-order valence-corrected chi connectivity index (χ1v) is 15.8. The maximum atomic E-state index is 12.2. The van der Waals surface area contributed by atoms with Crippen molar-refractivity contribution in [3.8, 4) is 35.1 Å². The van der Waals surface area contributed by atoms with Gasteiger partial charge in [0, 0.05) is 11.8 Å². The number of ketones is 2. The molecule has 0 saturated heterocycles. The molecular formula is C37H46N2O6. The van der Waals surface area contributed by atoms with Crippen LogP contribution in [-0.2, 0) is 9.59 Å². The first-order valence-electron chi connectivity index (χ1n) is 15.8. The van der Waals surface area contributed by atoms with Gasteiger partial charge in [-0.15, -0.1) is 0 Å². The van der Waals surface area contributed by atoms with Crippen LogP contribution in [0.15, 0.2) is 47.5 Å². The summed E-state index contributed by atoms with van der Waals surface area (Å²) in [6.07, 6.45) is 8.02. The highest BCUT2D eigenvalue weighted by atomic mass is 16.5. The van der Waals surface area contributed by atoms with E-state index in [2.05, 4.69) is 0 Å². The van der Waals surface area contributed by atoms with Crippen molar-refractivity contribution >= 4 is 23.7 Å². The molecule has 45 heavy (non-hydrogen) atoms. The van der Waals surface area contributed by atoms with Crippen LogP contribution in [0.4, 0.5) is 0 Å². The molecule has 0 atom stereocenters. The number of carbonyl (C=O) groups is 2. The maximum Gasteiger partial charge on any atom is 0.175 e. The molecule has 0 saturated carbocycles. The molecule has 0 spiro atoms. The second-order valence-electron chi connectivity index (χ2n) is 11.1. The van der Waals surface area contributed by atoms with E-state index in [1.54, 1.807) is 52.0 Å². The Morgan fingerprint density at radius 2 is 1.00 bits per heavy atom. The third kappa shape index (κ3) is 12.2. The Hall–Kier alpha value is -4.56. The van der Waals surface area contributed by atoms with Crippen LogP contribution < -0.4 is 18.9 Å². The molecule has 0 unspecified atom stereocenters. The number of rotatable bonds is 20. The van der Waals surface area contributed by atoms with Gasteiger partial charge in [0.25, 0.3) is 0 Å². The minimum atomic E-state index is -0.250. The molecule has 0 N–H and O–H groups in total. The number of hydrogen-bond acceptors (Lipinski definition) is 8. The van der Waals surface area contributed by atoms with Crippen LogP contribution in [0.2, 0.25) is 0 Å². The number of hydrogen-bond donors (Lipinski definition) is 0. The summed E-state index contributed by atoms with van der Waals surface area (Å²) in [5.41, 5.74) is 1.67. The van der Waals surface area contributed by atoms with E-state index in [-0.39, 0.29) is 34.5 Å². The predicted octanol–water partition coefficient (Wildman–Crippen LogP) is 8.16. The normalized spacial score (nSPS) is 11.6. The summed E-state index contributed by atoms with van der Waals surface area (Å²) >= 11 is 0. The van der Waals surface area contributed by atoms with Gasteiger partial charge in [-0.05, 0) is 74.2 Å². The number of Topliss-reactive ketones (excluding diaryl/α,β-unsaturated/α-hetero) is 2. The van der Waals surface area contributed by atoms with E-state index in [1.165, 1.54) is 0 Å². The Morgan fingerprint density at radius 3 is 1.33 bits per heavy atom. The number of carbonyl (C=O) groups excluding carboxylic acids is 2. The van der Waals surface area contributed by atoms with E-state index >= 15 is 0 Å². The highest BCUT2D eigenvalue weighted by Gasteiger charge is 2.15. The third-order valence-electron chi connectivity index (χ3n) is 6.78. The first-order chi connectivity index (χ1) is 21.6. The fraction of sp³-hybridized carbons (Fsp3) is 0.459. The second-order valence-corrected chi connectivity index (χ2v) is 11.1. The average molecular weight is 615 g/mol. The van der Waals surface area contributed by atoms with Crippen molar-refractivity contribution in [1.29, 1.82) is 10.5 Å². The summed E-state index contributed by atoms with van der Waals surface area (Å²) in [4.78, 5) is 24.5. The lowest BCUT2D eigenvalue weighted by molar-refractivity contribution is -0.118. The monoisotopic (exact) mass is 614 g/mol. The standard InChI is InChI=1S/C37H46N2O6/c1-7-42-34-22-28(20-30(24-38)36(40)26(3)4)14-16-32(34)44-18-12-10-9-11-13-19-45-33-17-15-29(23-35(33)43-8-2)21-31(25-39)37(41)27(5)6/h14-17,20-23,26-27H,7-13,18-19H2,1-6H3. The van der Waals surface area contributed by atoms with Crippen molar-refractivity contribution in [2.45, 2.75) is 73.6 Å². The molecule has 0 amide bonds. The lowest BCUT2D eigenvalue weighted by Gasteiger charge is -2.13. The summed E-state index contributed by atoms with van der Waals surface area (Å²) in [5.74, 6) is 1.57. The maximum absolute atomic E-state index is 12.2. The number of ether oxygens (including phenoxy) is 4. The van der Waals surface area contributed by atoms with Crippen molar-refractivity contribution in [1.82, 2.24) is 0 Å². The van der Waals surface area contributed by atoms with Gasteiger partial charge in [0.1, 0.15) is 12.1 Å². The summed E-state index contributed by atoms with van der Waals surface area (Å²) in [5, 5.41) is 18.8. The summed E-state index contributed by atoms with van der Waals surface area (Å²) in [7, 11) is 0. The van der Waals surface area contributed by atoms with Crippen LogP contribution in [0.1, 0.15) is 84.8 Å². The largest absolute Gasteiger partial charge is 0.490 e. The average Bonchev–Trinajstić information content (AvgIpc) is 3.02. The Bertz CT molecular complexity index is 1320. The molecule has 240 valence electrons. The van der Waals surface area contributed by atoms with Gasteiger partial charge in [-0.2, -0.15) is 10.5 Å². The molecular weight excluding hydrogens is 568 g/mol. The van der Waals surface area contributed by atoms with Gasteiger partial charge < -0.3 is 18.9 Å². The lowest BCUT2D eigenvalue weighted by Crippen LogP contribution is -2.08. The first kappa shape index (κ1) is 36.6. The van der Waals surface area contributed by atoms with Gasteiger partial charge in [0.15, 0.2) is 34.6 Å². The molecule has 0 aliphatic rings. The number of benzene rings is 2. The quantitative estimate of drug-likeness (QED) is 0.0833. The fourth-order valence-corrected chi connectivity index (χ4v) is 4.38. The molecule has 2 aromatic rings. The molecule has 0 heterocycles. The minimum Gasteiger partial charge on any atom is -0.490 e. The van der Waals surface area contributed by atoms with E-state index in [4.69, 9.17) is 18.9 Å². The minimum absolute atomic E-state index is 0.123. The van der Waals surface area contributed by atoms with E-state index in [9.17, 15) is 20.1 Å². The zero-order valence-corrected chi connectivity index (χ0v) is 27.5. The third-order valence-corrected chi connectivity index (χ3v) is 6.78. The zero-order valence-electron chi connectivity index (χ0n) is 27.5. The topological polar surface area (TPSA) is 119 Å². The number of nitrogens with zero attached hydrogens (tertiary/aromatic N) is 2. The molecule has 2 rings (SSSR count). The summed E-state index contributed by atoms with van der Waals surface area (Å²) in [6, 6.07) is 14.9. The Morgan fingerprint density at radius 1 is 0.622 bits per heavy atom. The van der Waals surface area contributed by atoms with Gasteiger partial charge in [-0.1, -0.05) is 59.1 Å². The molecule has 8 heteroatoms. The highest BCUT2D eigenvalue weighted by molar-refractivity contribution is 6.04. The van der Waals surface area contributed by atoms with Crippen molar-refractivity contribution in [2.75, 3.05) is 26.4 Å². The van der Waals surface area contributed by atoms with E-state index < -0.39 is 0 Å². The molecule has 0 aromatic heterocycles. The van der Waals surface area contributed by atoms with Crippen LogP contribution in [-0.4, -0.2) is 38.0 Å². The second kappa shape index (κ2) is 19.7. The SMILES string of the molecule is CCOc1cc(C=C(C#N)C(=O)C(C)C)ccc1OCCCCCCCOc1ccc(C=C(C#N)C(=O)C(C)C)cc1OCC. The fourth-order valence-electron chi connectivity index (χ4n) is 4.38. The molecule has 0 radical (unpaired) electrons. The highest BCUT2D eigenvalue weighted by Crippen LogP contribution is 2.31. The van der Waals surface area contributed by atoms with Crippen LogP contribution in [0.3, 0.4) is 0 Å². The molecule has 2 aromatic carbocycles. The Labute approximate surface area is 268 Å². The van der Waals surface area contributed by atoms with Gasteiger partial charge in [0.05, 0.1) is 37.6 Å². The molecule has 0 fully saturated rings. The van der Waals surface area contributed by atoms with Crippen LogP contribution in [0.25, 0.3) is 12.2 Å². The summed E-state index contributed by atoms with van der Waals surface area (Å²) < 4.78 is 23.5. The van der Waals surface area contributed by atoms with Crippen molar-refractivity contribution in [2.24, 2.45) is 11.8 Å². The van der Waals surface area contributed by atoms with Crippen molar-refractivity contribution in [3.63, 3.8) is 0 Å². The number of allylic oxidation sites excluding steroid dienone is 2. The van der Waals surface area contributed by atoms with Crippen molar-refractivity contribution < 1.29 is 28.5 Å². The molecule has 0 bridgehead atoms. The van der Waals surface area contributed by atoms with E-state index in [1.807, 2.05) is 50.3 Å². The summed E-state index contributed by atoms with van der Waals surface area (Å²) in [6.45, 7) is 12.9. The number of nitriles is 2. The molecule has 0 aliphatic heterocycles. The zero-order chi connectivity index (χ0) is 33.2. The van der Waals surface area contributed by atoms with Crippen LogP contribution in [0, 0.1) is 34.5 Å². The van der Waals surface area contributed by atoms with Gasteiger partial charge in [-0.3, -0.25) is 9.59 Å². The van der Waals surface area contributed by atoms with Crippen LogP contribution >= 0.6 is 0 Å². The van der Waals surface area contributed by atoms with Gasteiger partial charge >= 0.3 is 0 Å². The number of unbranched alkanes of at least 4 members (excludes halogenated alkanes) is 4. The van der Waals surface area contributed by atoms with E-state index in [0.717, 1.165) is 32.1 Å². The van der Waals surface area contributed by atoms with Crippen molar-refractivity contribution in [3.05, 3.63) is 58.7 Å². The van der Waals surface area contributed by atoms with Crippen LogP contribution in [0.5, 0.6) is 23.0 Å². The smallest absolute Gasteiger partial charge is 0.175 e.